The van der Waals surface area contributed by atoms with Crippen LogP contribution in [0.25, 0.3) is 10.9 Å². The Balaban J connectivity index is 1.72. The second-order valence-corrected chi connectivity index (χ2v) is 5.97. The third-order valence-corrected chi connectivity index (χ3v) is 4.45. The number of fused-ring (bicyclic) bond motifs is 2. The van der Waals surface area contributed by atoms with Crippen LogP contribution in [0.3, 0.4) is 0 Å². The molecular weight excluding hydrogens is 307 g/mol. The number of carbonyl (C=O) groups is 1. The molecule has 0 saturated carbocycles. The number of H-pyrrole nitrogens is 1. The number of halogens is 1. The number of amides is 1. The minimum absolute atomic E-state index is 0.277. The van der Waals surface area contributed by atoms with Gasteiger partial charge in [0.25, 0.3) is 5.91 Å². The molecule has 0 atom stereocenters. The van der Waals surface area contributed by atoms with Gasteiger partial charge in [0, 0.05) is 24.2 Å². The van der Waals surface area contributed by atoms with E-state index in [1.54, 1.807) is 0 Å². The number of aromatic nitrogens is 2. The zero-order valence-corrected chi connectivity index (χ0v) is 13.2. The lowest BCUT2D eigenvalue weighted by Crippen LogP contribution is -2.14. The number of hydrogen-bond acceptors (Lipinski definition) is 3. The second kappa shape index (κ2) is 5.72. The van der Waals surface area contributed by atoms with E-state index in [0.29, 0.717) is 10.9 Å². The number of nitrogens with one attached hydrogen (secondary N) is 3. The minimum atomic E-state index is -0.467. The molecule has 2 aromatic carbocycles. The van der Waals surface area contributed by atoms with Crippen LogP contribution >= 0.6 is 0 Å². The summed E-state index contributed by atoms with van der Waals surface area (Å²) in [6.07, 6.45) is 2.35. The Labute approximate surface area is 138 Å². The molecule has 4 rings (SSSR count). The summed E-state index contributed by atoms with van der Waals surface area (Å²) in [5.74, 6) is -0.799. The first-order valence-corrected chi connectivity index (χ1v) is 7.95. The normalized spacial score (nSPS) is 13.2. The summed E-state index contributed by atoms with van der Waals surface area (Å²) < 4.78 is 13.8. The van der Waals surface area contributed by atoms with Crippen molar-refractivity contribution < 1.29 is 9.18 Å². The maximum absolute atomic E-state index is 13.8. The van der Waals surface area contributed by atoms with Gasteiger partial charge in [-0.05, 0) is 41.3 Å². The Kier molecular flexibility index (Phi) is 3.54. The second-order valence-electron chi connectivity index (χ2n) is 5.97. The first-order chi connectivity index (χ1) is 11.7. The van der Waals surface area contributed by atoms with Crippen LogP contribution in [-0.2, 0) is 19.5 Å². The van der Waals surface area contributed by atoms with Gasteiger partial charge >= 0.3 is 0 Å². The molecule has 122 valence electrons. The van der Waals surface area contributed by atoms with Gasteiger partial charge in [0.05, 0.1) is 17.3 Å². The number of nitrogens with zero attached hydrogens (tertiary/aromatic N) is 1. The van der Waals surface area contributed by atoms with E-state index < -0.39 is 5.82 Å². The molecule has 0 spiro atoms. The molecule has 0 aliphatic carbocycles. The summed E-state index contributed by atoms with van der Waals surface area (Å²) in [4.78, 5) is 12.7. The first kappa shape index (κ1) is 14.8. The van der Waals surface area contributed by atoms with E-state index in [2.05, 4.69) is 33.8 Å². The third-order valence-electron chi connectivity index (χ3n) is 4.45. The molecule has 0 unspecified atom stereocenters. The van der Waals surface area contributed by atoms with Gasteiger partial charge < -0.3 is 10.6 Å². The van der Waals surface area contributed by atoms with Crippen LogP contribution in [0.1, 0.15) is 34.0 Å². The predicted octanol–water partition coefficient (Wildman–Crippen LogP) is 3.12. The van der Waals surface area contributed by atoms with Gasteiger partial charge in [-0.3, -0.25) is 9.89 Å². The maximum atomic E-state index is 13.8. The predicted molar refractivity (Wildman–Crippen MR) is 90.4 cm³/mol. The van der Waals surface area contributed by atoms with Gasteiger partial charge in [-0.2, -0.15) is 5.10 Å². The van der Waals surface area contributed by atoms with Gasteiger partial charge in [0.1, 0.15) is 5.82 Å². The summed E-state index contributed by atoms with van der Waals surface area (Å²) in [7, 11) is 0. The zero-order chi connectivity index (χ0) is 16.7. The van der Waals surface area contributed by atoms with E-state index >= 15 is 0 Å². The Bertz CT molecular complexity index is 948. The lowest BCUT2D eigenvalue weighted by atomic mass is 10.0. The third kappa shape index (κ3) is 2.45. The number of aromatic amines is 1. The molecule has 1 aliphatic rings. The number of benzene rings is 2. The van der Waals surface area contributed by atoms with Crippen LogP contribution in [0.15, 0.2) is 30.5 Å². The highest BCUT2D eigenvalue weighted by molar-refractivity contribution is 6.12. The fraction of sp³-hybridized carbons (Fsp3) is 0.222. The number of hydrogen-bond donors (Lipinski definition) is 3. The average molecular weight is 324 g/mol. The number of carbonyl (C=O) groups excluding carboxylic acids is 1. The Morgan fingerprint density at radius 1 is 1.25 bits per heavy atom. The molecule has 0 bridgehead atoms. The van der Waals surface area contributed by atoms with Crippen molar-refractivity contribution in [3.05, 3.63) is 58.5 Å². The highest BCUT2D eigenvalue weighted by atomic mass is 19.1. The molecule has 5 nitrogen and oxygen atoms in total. The SMILES string of the molecule is CCc1cc2c(cc1NC(=O)c1cc(F)cc3[nH]ncc13)CNC2. The van der Waals surface area contributed by atoms with E-state index in [9.17, 15) is 9.18 Å². The van der Waals surface area contributed by atoms with Crippen LogP contribution in [0.5, 0.6) is 0 Å². The van der Waals surface area contributed by atoms with Crippen LogP contribution in [0, 0.1) is 5.82 Å². The Morgan fingerprint density at radius 3 is 2.83 bits per heavy atom. The van der Waals surface area contributed by atoms with Crippen molar-refractivity contribution in [2.24, 2.45) is 0 Å². The number of anilines is 1. The van der Waals surface area contributed by atoms with Gasteiger partial charge in [0.2, 0.25) is 0 Å². The molecule has 6 heteroatoms. The molecule has 0 saturated heterocycles. The van der Waals surface area contributed by atoms with Crippen LogP contribution < -0.4 is 10.6 Å². The molecule has 0 radical (unpaired) electrons. The van der Waals surface area contributed by atoms with Crippen molar-refractivity contribution in [3.8, 4) is 0 Å². The molecule has 1 aromatic heterocycles. The summed E-state index contributed by atoms with van der Waals surface area (Å²) in [6, 6.07) is 6.72. The van der Waals surface area contributed by atoms with Crippen LogP contribution in [0.4, 0.5) is 10.1 Å². The molecule has 0 fully saturated rings. The highest BCUT2D eigenvalue weighted by Crippen LogP contribution is 2.27. The molecule has 3 N–H and O–H groups in total. The zero-order valence-electron chi connectivity index (χ0n) is 13.2. The fourth-order valence-electron chi connectivity index (χ4n) is 3.20. The van der Waals surface area contributed by atoms with Crippen molar-refractivity contribution in [2.75, 3.05) is 5.32 Å². The van der Waals surface area contributed by atoms with Crippen molar-refractivity contribution in [1.82, 2.24) is 15.5 Å². The lowest BCUT2D eigenvalue weighted by Gasteiger charge is -2.13. The molecule has 24 heavy (non-hydrogen) atoms. The van der Waals surface area contributed by atoms with Crippen LogP contribution in [0.2, 0.25) is 0 Å². The molecule has 2 heterocycles. The first-order valence-electron chi connectivity index (χ1n) is 7.95. The number of aryl methyl sites for hydroxylation is 1. The van der Waals surface area contributed by atoms with Gasteiger partial charge in [-0.15, -0.1) is 0 Å². The Hall–Kier alpha value is -2.73. The quantitative estimate of drug-likeness (QED) is 0.693. The average Bonchev–Trinajstić information content (AvgIpc) is 3.21. The summed E-state index contributed by atoms with van der Waals surface area (Å²) in [6.45, 7) is 3.71. The van der Waals surface area contributed by atoms with E-state index in [1.807, 2.05) is 6.07 Å². The van der Waals surface area contributed by atoms with Crippen molar-refractivity contribution in [1.29, 1.82) is 0 Å². The van der Waals surface area contributed by atoms with E-state index in [1.165, 1.54) is 29.5 Å². The van der Waals surface area contributed by atoms with E-state index in [-0.39, 0.29) is 11.5 Å². The van der Waals surface area contributed by atoms with Crippen molar-refractivity contribution >= 4 is 22.5 Å². The van der Waals surface area contributed by atoms with Crippen LogP contribution in [-0.4, -0.2) is 16.1 Å². The summed E-state index contributed by atoms with van der Waals surface area (Å²) in [5, 5.41) is 13.4. The fourth-order valence-corrected chi connectivity index (χ4v) is 3.20. The molecular formula is C18H17FN4O. The smallest absolute Gasteiger partial charge is 0.256 e. The molecule has 1 amide bonds. The standard InChI is InChI=1S/C18H17FN4O/c1-2-10-3-11-7-20-8-12(11)4-16(10)22-18(24)14-5-13(19)6-17-15(14)9-21-23-17/h3-6,9,20H,2,7-8H2,1H3,(H,21,23)(H,22,24). The molecule has 3 aromatic rings. The minimum Gasteiger partial charge on any atom is -0.322 e. The Morgan fingerprint density at radius 2 is 2.04 bits per heavy atom. The van der Waals surface area contributed by atoms with Gasteiger partial charge in [0.15, 0.2) is 0 Å². The van der Waals surface area contributed by atoms with Crippen molar-refractivity contribution in [3.63, 3.8) is 0 Å². The summed E-state index contributed by atoms with van der Waals surface area (Å²) in [5.41, 5.74) is 5.10. The van der Waals surface area contributed by atoms with Gasteiger partial charge in [-0.1, -0.05) is 13.0 Å². The van der Waals surface area contributed by atoms with E-state index in [0.717, 1.165) is 30.8 Å². The number of rotatable bonds is 3. The topological polar surface area (TPSA) is 69.8 Å². The van der Waals surface area contributed by atoms with E-state index in [4.69, 9.17) is 0 Å². The summed E-state index contributed by atoms with van der Waals surface area (Å²) >= 11 is 0. The monoisotopic (exact) mass is 324 g/mol. The lowest BCUT2D eigenvalue weighted by molar-refractivity contribution is 0.102. The molecule has 1 aliphatic heterocycles. The van der Waals surface area contributed by atoms with Crippen molar-refractivity contribution in [2.45, 2.75) is 26.4 Å². The highest BCUT2D eigenvalue weighted by Gasteiger charge is 2.18. The van der Waals surface area contributed by atoms with Gasteiger partial charge in [-0.25, -0.2) is 4.39 Å². The largest absolute Gasteiger partial charge is 0.322 e. The maximum Gasteiger partial charge on any atom is 0.256 e.